The van der Waals surface area contributed by atoms with Crippen LogP contribution in [0.4, 0.5) is 5.69 Å². The first-order valence-corrected chi connectivity index (χ1v) is 8.92. The van der Waals surface area contributed by atoms with Gasteiger partial charge in [0, 0.05) is 16.9 Å². The van der Waals surface area contributed by atoms with Crippen LogP contribution in [0.5, 0.6) is 5.75 Å². The molecule has 0 aliphatic heterocycles. The van der Waals surface area contributed by atoms with Crippen molar-refractivity contribution in [2.24, 2.45) is 0 Å². The van der Waals surface area contributed by atoms with E-state index in [4.69, 9.17) is 4.74 Å². The summed E-state index contributed by atoms with van der Waals surface area (Å²) in [5.41, 5.74) is 1.44. The number of hydrogen-bond donors (Lipinski definition) is 2. The maximum Gasteiger partial charge on any atom is 0.292 e. The molecule has 0 fully saturated rings. The number of pyridine rings is 1. The number of methoxy groups -OCH3 is 1. The minimum atomic E-state index is -0.540. The first-order valence-electron chi connectivity index (χ1n) is 8.04. The molecule has 0 aliphatic rings. The lowest BCUT2D eigenvalue weighted by Gasteiger charge is -2.16. The Morgan fingerprint density at radius 1 is 1.04 bits per heavy atom. The Kier molecular flexibility index (Phi) is 5.76. The second kappa shape index (κ2) is 8.40. The van der Waals surface area contributed by atoms with Gasteiger partial charge in [-0.3, -0.25) is 10.0 Å². The lowest BCUT2D eigenvalue weighted by Crippen LogP contribution is -2.32. The highest BCUT2D eigenvalue weighted by Crippen LogP contribution is 2.35. The number of aromatic nitrogens is 1. The SMILES string of the molecule is COc1ccccc1NC(=O)C(Sc1cccc[n+]1O)c1ccccc1. The molecule has 0 saturated carbocycles. The van der Waals surface area contributed by atoms with Crippen LogP contribution in [-0.2, 0) is 4.79 Å². The summed E-state index contributed by atoms with van der Waals surface area (Å²) in [7, 11) is 1.56. The van der Waals surface area contributed by atoms with Gasteiger partial charge in [0.1, 0.15) is 11.0 Å². The molecule has 1 unspecified atom stereocenters. The molecule has 3 rings (SSSR count). The Hall–Kier alpha value is -2.99. The van der Waals surface area contributed by atoms with Crippen LogP contribution in [0.3, 0.4) is 0 Å². The van der Waals surface area contributed by atoms with Crippen molar-refractivity contribution in [3.05, 3.63) is 84.6 Å². The number of thioether (sulfide) groups is 1. The zero-order valence-corrected chi connectivity index (χ0v) is 15.0. The fraction of sp³-hybridized carbons (Fsp3) is 0.100. The minimum Gasteiger partial charge on any atom is -0.495 e. The number of anilines is 1. The Labute approximate surface area is 156 Å². The van der Waals surface area contributed by atoms with Crippen LogP contribution in [0.1, 0.15) is 10.8 Å². The molecule has 6 heteroatoms. The largest absolute Gasteiger partial charge is 0.495 e. The Bertz CT molecular complexity index is 887. The van der Waals surface area contributed by atoms with Crippen LogP contribution in [0.25, 0.3) is 0 Å². The van der Waals surface area contributed by atoms with Gasteiger partial charge in [0.2, 0.25) is 12.1 Å². The van der Waals surface area contributed by atoms with Crippen LogP contribution in [0, 0.1) is 0 Å². The molecule has 26 heavy (non-hydrogen) atoms. The van der Waals surface area contributed by atoms with E-state index in [1.165, 1.54) is 18.0 Å². The van der Waals surface area contributed by atoms with E-state index in [0.717, 1.165) is 10.3 Å². The monoisotopic (exact) mass is 367 g/mol. The smallest absolute Gasteiger partial charge is 0.292 e. The predicted octanol–water partition coefficient (Wildman–Crippen LogP) is 3.69. The molecule has 1 atom stereocenters. The summed E-state index contributed by atoms with van der Waals surface area (Å²) in [6.07, 6.45) is 1.53. The van der Waals surface area contributed by atoms with Crippen LogP contribution in [0.2, 0.25) is 0 Å². The quantitative estimate of drug-likeness (QED) is 0.396. The molecule has 3 aromatic rings. The van der Waals surface area contributed by atoms with E-state index in [0.29, 0.717) is 16.5 Å². The van der Waals surface area contributed by atoms with E-state index in [-0.39, 0.29) is 5.91 Å². The molecule has 5 nitrogen and oxygen atoms in total. The van der Waals surface area contributed by atoms with E-state index in [2.05, 4.69) is 5.32 Å². The third-order valence-electron chi connectivity index (χ3n) is 3.75. The molecule has 0 radical (unpaired) electrons. The van der Waals surface area contributed by atoms with Crippen molar-refractivity contribution >= 4 is 23.4 Å². The molecular weight excluding hydrogens is 348 g/mol. The van der Waals surface area contributed by atoms with Gasteiger partial charge in [-0.25, -0.2) is 0 Å². The van der Waals surface area contributed by atoms with Gasteiger partial charge in [-0.1, -0.05) is 42.5 Å². The molecular formula is C20H19N2O3S+. The third kappa shape index (κ3) is 4.15. The van der Waals surface area contributed by atoms with Gasteiger partial charge in [0.05, 0.1) is 12.8 Å². The Morgan fingerprint density at radius 3 is 2.46 bits per heavy atom. The molecule has 2 aromatic carbocycles. The van der Waals surface area contributed by atoms with E-state index in [9.17, 15) is 10.0 Å². The second-order valence-corrected chi connectivity index (χ2v) is 6.61. The maximum absolute atomic E-state index is 13.0. The third-order valence-corrected chi connectivity index (χ3v) is 5.03. The number of ether oxygens (including phenoxy) is 1. The minimum absolute atomic E-state index is 0.199. The normalized spacial score (nSPS) is 11.6. The van der Waals surface area contributed by atoms with Gasteiger partial charge in [-0.05, 0) is 35.5 Å². The first kappa shape index (κ1) is 17.8. The van der Waals surface area contributed by atoms with Gasteiger partial charge in [-0.15, -0.1) is 0 Å². The zero-order valence-electron chi connectivity index (χ0n) is 14.2. The summed E-state index contributed by atoms with van der Waals surface area (Å²) >= 11 is 1.27. The summed E-state index contributed by atoms with van der Waals surface area (Å²) in [4.78, 5) is 13.0. The summed E-state index contributed by atoms with van der Waals surface area (Å²) < 4.78 is 6.31. The first-order chi connectivity index (χ1) is 12.7. The molecule has 1 aromatic heterocycles. The van der Waals surface area contributed by atoms with Gasteiger partial charge >= 0.3 is 0 Å². The van der Waals surface area contributed by atoms with E-state index < -0.39 is 5.25 Å². The van der Waals surface area contributed by atoms with E-state index in [1.807, 2.05) is 48.5 Å². The number of amides is 1. The molecule has 0 spiro atoms. The Morgan fingerprint density at radius 2 is 1.73 bits per heavy atom. The van der Waals surface area contributed by atoms with Crippen molar-refractivity contribution < 1.29 is 19.5 Å². The molecule has 1 heterocycles. The molecule has 0 aliphatic carbocycles. The van der Waals surface area contributed by atoms with Crippen molar-refractivity contribution in [3.63, 3.8) is 0 Å². The van der Waals surface area contributed by atoms with Crippen LogP contribution >= 0.6 is 11.8 Å². The van der Waals surface area contributed by atoms with Gasteiger partial charge in [0.15, 0.2) is 0 Å². The number of rotatable bonds is 6. The topological polar surface area (TPSA) is 62.4 Å². The Balaban J connectivity index is 1.90. The van der Waals surface area contributed by atoms with E-state index in [1.54, 1.807) is 31.4 Å². The number of carbonyl (C=O) groups is 1. The number of carbonyl (C=O) groups excluding carboxylic acids is 1. The predicted molar refractivity (Wildman–Crippen MR) is 100 cm³/mol. The fourth-order valence-corrected chi connectivity index (χ4v) is 3.51. The van der Waals surface area contributed by atoms with Crippen molar-refractivity contribution in [2.75, 3.05) is 12.4 Å². The summed E-state index contributed by atoms with van der Waals surface area (Å²) in [6, 6.07) is 22.0. The van der Waals surface area contributed by atoms with Gasteiger partial charge in [0.25, 0.3) is 5.03 Å². The zero-order chi connectivity index (χ0) is 18.4. The average molecular weight is 367 g/mol. The number of para-hydroxylation sites is 2. The van der Waals surface area contributed by atoms with Gasteiger partial charge < -0.3 is 10.1 Å². The van der Waals surface area contributed by atoms with Crippen LogP contribution in [0.15, 0.2) is 84.0 Å². The molecule has 132 valence electrons. The number of nitrogens with one attached hydrogen (secondary N) is 1. The summed E-state index contributed by atoms with van der Waals surface area (Å²) in [5, 5.41) is 13.0. The standard InChI is InChI=1S/C20H18N2O3S/c1-25-17-12-6-5-11-16(17)21-20(23)19(15-9-3-2-4-10-15)26-18-13-7-8-14-22(18)24/h2-14,19H,1H3,(H-,21,23,24)/p+1. The maximum atomic E-state index is 13.0. The lowest BCUT2D eigenvalue weighted by molar-refractivity contribution is -0.932. The lowest BCUT2D eigenvalue weighted by atomic mass is 10.1. The second-order valence-electron chi connectivity index (χ2n) is 5.48. The highest BCUT2D eigenvalue weighted by atomic mass is 32.2. The highest BCUT2D eigenvalue weighted by Gasteiger charge is 2.27. The average Bonchev–Trinajstić information content (AvgIpc) is 2.68. The number of benzene rings is 2. The fourth-order valence-electron chi connectivity index (χ4n) is 2.48. The van der Waals surface area contributed by atoms with Crippen molar-refractivity contribution in [3.8, 4) is 5.75 Å². The van der Waals surface area contributed by atoms with Crippen molar-refractivity contribution in [2.45, 2.75) is 10.3 Å². The summed E-state index contributed by atoms with van der Waals surface area (Å²) in [5.74, 6) is 0.393. The van der Waals surface area contributed by atoms with Crippen LogP contribution in [-0.4, -0.2) is 18.2 Å². The highest BCUT2D eigenvalue weighted by molar-refractivity contribution is 8.00. The molecule has 2 N–H and O–H groups in total. The number of hydrogen-bond acceptors (Lipinski definition) is 4. The van der Waals surface area contributed by atoms with Crippen LogP contribution < -0.4 is 14.8 Å². The van der Waals surface area contributed by atoms with E-state index >= 15 is 0 Å². The molecule has 0 bridgehead atoms. The summed E-state index contributed by atoms with van der Waals surface area (Å²) in [6.45, 7) is 0. The van der Waals surface area contributed by atoms with Gasteiger partial charge in [-0.2, -0.15) is 0 Å². The molecule has 0 saturated heterocycles. The number of nitrogens with zero attached hydrogens (tertiary/aromatic N) is 1. The van der Waals surface area contributed by atoms with Crippen molar-refractivity contribution in [1.82, 2.24) is 0 Å². The molecule has 1 amide bonds. The van der Waals surface area contributed by atoms with Crippen molar-refractivity contribution in [1.29, 1.82) is 0 Å².